The van der Waals surface area contributed by atoms with Gasteiger partial charge in [0.15, 0.2) is 0 Å². The van der Waals surface area contributed by atoms with E-state index in [0.717, 1.165) is 31.4 Å². The molecule has 132 valence electrons. The van der Waals surface area contributed by atoms with Gasteiger partial charge in [0, 0.05) is 24.6 Å². The Morgan fingerprint density at radius 1 is 1.40 bits per heavy atom. The van der Waals surface area contributed by atoms with Crippen molar-refractivity contribution in [1.82, 2.24) is 20.4 Å². The van der Waals surface area contributed by atoms with Crippen molar-refractivity contribution in [3.63, 3.8) is 0 Å². The molecule has 7 nitrogen and oxygen atoms in total. The highest BCUT2D eigenvalue weighted by molar-refractivity contribution is 5.89. The smallest absolute Gasteiger partial charge is 0.243 e. The minimum atomic E-state index is -0.370. The fraction of sp³-hybridized carbons (Fsp3) is 0.500. The largest absolute Gasteiger partial charge is 0.467 e. The van der Waals surface area contributed by atoms with Gasteiger partial charge >= 0.3 is 0 Å². The van der Waals surface area contributed by atoms with Crippen molar-refractivity contribution in [2.45, 2.75) is 44.7 Å². The molecule has 1 aliphatic heterocycles. The first-order valence-electron chi connectivity index (χ1n) is 8.84. The van der Waals surface area contributed by atoms with Gasteiger partial charge in [-0.15, -0.1) is 0 Å². The van der Waals surface area contributed by atoms with Gasteiger partial charge in [-0.05, 0) is 43.4 Å². The zero-order valence-corrected chi connectivity index (χ0v) is 14.0. The fourth-order valence-electron chi connectivity index (χ4n) is 3.86. The summed E-state index contributed by atoms with van der Waals surface area (Å²) in [6.07, 6.45) is 7.39. The zero-order chi connectivity index (χ0) is 17.2. The Bertz CT molecular complexity index is 752. The van der Waals surface area contributed by atoms with Crippen LogP contribution in [0.5, 0.6) is 0 Å². The summed E-state index contributed by atoms with van der Waals surface area (Å²) in [5.41, 5.74) is 2.26. The monoisotopic (exact) mass is 342 g/mol. The Hall–Kier alpha value is -2.57. The third-order valence-electron chi connectivity index (χ3n) is 5.22. The summed E-state index contributed by atoms with van der Waals surface area (Å²) in [7, 11) is 0. The van der Waals surface area contributed by atoms with Crippen molar-refractivity contribution in [1.29, 1.82) is 0 Å². The lowest BCUT2D eigenvalue weighted by Crippen LogP contribution is -2.48. The first-order chi connectivity index (χ1) is 12.2. The standard InChI is InChI=1S/C18H22N4O3/c23-17(19-11-14-3-2-8-25-14)16-4-1-7-22(16)18(24)12-5-6-13-10-20-21-15(13)9-12/h2-3,8,10,12,16H,1,4-7,9,11H2,(H,19,23)(H,20,21)/t12-,16+/m0/s1. The normalized spacial score (nSPS) is 22.6. The van der Waals surface area contributed by atoms with Crippen molar-refractivity contribution >= 4 is 11.8 Å². The maximum absolute atomic E-state index is 13.0. The van der Waals surface area contributed by atoms with Crippen LogP contribution in [0.2, 0.25) is 0 Å². The molecule has 1 fully saturated rings. The number of likely N-dealkylation sites (tertiary alicyclic amines) is 1. The molecule has 0 saturated carbocycles. The molecule has 0 aromatic carbocycles. The number of hydrogen-bond donors (Lipinski definition) is 2. The number of aromatic amines is 1. The Labute approximate surface area is 145 Å². The molecule has 0 unspecified atom stereocenters. The van der Waals surface area contributed by atoms with E-state index in [2.05, 4.69) is 15.5 Å². The third kappa shape index (κ3) is 3.18. The molecule has 2 aromatic rings. The van der Waals surface area contributed by atoms with Crippen LogP contribution in [0, 0.1) is 5.92 Å². The Balaban J connectivity index is 1.39. The molecule has 0 bridgehead atoms. The molecular formula is C18H22N4O3. The van der Waals surface area contributed by atoms with Crippen LogP contribution in [0.1, 0.15) is 36.3 Å². The third-order valence-corrected chi connectivity index (χ3v) is 5.22. The number of fused-ring (bicyclic) bond motifs is 1. The number of nitrogens with zero attached hydrogens (tertiary/aromatic N) is 2. The summed E-state index contributed by atoms with van der Waals surface area (Å²) in [4.78, 5) is 27.3. The summed E-state index contributed by atoms with van der Waals surface area (Å²) in [5.74, 6) is 0.644. The quantitative estimate of drug-likeness (QED) is 0.879. The second-order valence-corrected chi connectivity index (χ2v) is 6.80. The predicted octanol–water partition coefficient (Wildman–Crippen LogP) is 1.41. The summed E-state index contributed by atoms with van der Waals surface area (Å²) in [6, 6.07) is 3.24. The number of aromatic nitrogens is 2. The lowest BCUT2D eigenvalue weighted by atomic mass is 9.87. The van der Waals surface area contributed by atoms with Gasteiger partial charge in [0.05, 0.1) is 19.0 Å². The van der Waals surface area contributed by atoms with Gasteiger partial charge in [-0.2, -0.15) is 5.10 Å². The molecule has 2 amide bonds. The average molecular weight is 342 g/mol. The van der Waals surface area contributed by atoms with Crippen molar-refractivity contribution in [3.05, 3.63) is 41.6 Å². The number of furan rings is 1. The van der Waals surface area contributed by atoms with E-state index in [1.165, 1.54) is 5.56 Å². The topological polar surface area (TPSA) is 91.2 Å². The Morgan fingerprint density at radius 3 is 3.16 bits per heavy atom. The van der Waals surface area contributed by atoms with E-state index in [9.17, 15) is 9.59 Å². The highest BCUT2D eigenvalue weighted by Gasteiger charge is 2.38. The number of rotatable bonds is 4. The number of amides is 2. The van der Waals surface area contributed by atoms with Crippen LogP contribution in [0.15, 0.2) is 29.0 Å². The van der Waals surface area contributed by atoms with E-state index in [1.54, 1.807) is 17.2 Å². The molecule has 4 rings (SSSR count). The molecule has 2 N–H and O–H groups in total. The van der Waals surface area contributed by atoms with Gasteiger partial charge in [-0.1, -0.05) is 0 Å². The molecule has 1 aliphatic carbocycles. The number of H-pyrrole nitrogens is 1. The highest BCUT2D eigenvalue weighted by Crippen LogP contribution is 2.28. The summed E-state index contributed by atoms with van der Waals surface area (Å²) in [5, 5.41) is 9.94. The zero-order valence-electron chi connectivity index (χ0n) is 14.0. The molecular weight excluding hydrogens is 320 g/mol. The van der Waals surface area contributed by atoms with Gasteiger partial charge in [-0.3, -0.25) is 14.7 Å². The molecule has 0 radical (unpaired) electrons. The van der Waals surface area contributed by atoms with Crippen molar-refractivity contribution in [3.8, 4) is 0 Å². The molecule has 7 heteroatoms. The maximum Gasteiger partial charge on any atom is 0.243 e. The molecule has 2 atom stereocenters. The van der Waals surface area contributed by atoms with E-state index in [4.69, 9.17) is 4.42 Å². The van der Waals surface area contributed by atoms with Crippen LogP contribution in [-0.4, -0.2) is 39.5 Å². The van der Waals surface area contributed by atoms with Gasteiger partial charge in [0.1, 0.15) is 11.8 Å². The van der Waals surface area contributed by atoms with Crippen molar-refractivity contribution in [2.24, 2.45) is 5.92 Å². The van der Waals surface area contributed by atoms with E-state index < -0.39 is 0 Å². The van der Waals surface area contributed by atoms with Crippen LogP contribution < -0.4 is 5.32 Å². The van der Waals surface area contributed by atoms with Crippen LogP contribution in [0.25, 0.3) is 0 Å². The number of carbonyl (C=O) groups is 2. The lowest BCUT2D eigenvalue weighted by molar-refractivity contribution is -0.142. The number of aryl methyl sites for hydroxylation is 1. The second-order valence-electron chi connectivity index (χ2n) is 6.80. The molecule has 2 aliphatic rings. The van der Waals surface area contributed by atoms with Crippen LogP contribution in [-0.2, 0) is 29.0 Å². The first kappa shape index (κ1) is 15.9. The van der Waals surface area contributed by atoms with Crippen molar-refractivity contribution in [2.75, 3.05) is 6.54 Å². The van der Waals surface area contributed by atoms with Gasteiger partial charge in [-0.25, -0.2) is 0 Å². The van der Waals surface area contributed by atoms with Crippen LogP contribution >= 0.6 is 0 Å². The number of nitrogens with one attached hydrogen (secondary N) is 2. The fourth-order valence-corrected chi connectivity index (χ4v) is 3.86. The average Bonchev–Trinajstić information content (AvgIpc) is 3.39. The minimum absolute atomic E-state index is 0.0635. The van der Waals surface area contributed by atoms with E-state index in [-0.39, 0.29) is 23.8 Å². The maximum atomic E-state index is 13.0. The number of carbonyl (C=O) groups excluding carboxylic acids is 2. The second kappa shape index (κ2) is 6.74. The minimum Gasteiger partial charge on any atom is -0.467 e. The first-order valence-corrected chi connectivity index (χ1v) is 8.84. The Morgan fingerprint density at radius 2 is 2.32 bits per heavy atom. The van der Waals surface area contributed by atoms with Gasteiger partial charge < -0.3 is 14.6 Å². The van der Waals surface area contributed by atoms with Gasteiger partial charge in [0.2, 0.25) is 11.8 Å². The predicted molar refractivity (Wildman–Crippen MR) is 89.4 cm³/mol. The summed E-state index contributed by atoms with van der Waals surface area (Å²) < 4.78 is 5.24. The summed E-state index contributed by atoms with van der Waals surface area (Å²) in [6.45, 7) is 1.01. The van der Waals surface area contributed by atoms with Crippen LogP contribution in [0.3, 0.4) is 0 Å². The molecule has 25 heavy (non-hydrogen) atoms. The van der Waals surface area contributed by atoms with Crippen molar-refractivity contribution < 1.29 is 14.0 Å². The molecule has 1 saturated heterocycles. The SMILES string of the molecule is O=C(NCc1ccco1)[C@H]1CCCN1C(=O)[C@H]1CCc2cn[nH]c2C1. The summed E-state index contributed by atoms with van der Waals surface area (Å²) >= 11 is 0. The van der Waals surface area contributed by atoms with E-state index in [0.29, 0.717) is 25.3 Å². The lowest BCUT2D eigenvalue weighted by Gasteiger charge is -2.29. The number of hydrogen-bond acceptors (Lipinski definition) is 4. The van der Waals surface area contributed by atoms with E-state index >= 15 is 0 Å². The molecule has 3 heterocycles. The van der Waals surface area contributed by atoms with Gasteiger partial charge in [0.25, 0.3) is 0 Å². The van der Waals surface area contributed by atoms with Crippen LogP contribution in [0.4, 0.5) is 0 Å². The highest BCUT2D eigenvalue weighted by atomic mass is 16.3. The van der Waals surface area contributed by atoms with E-state index in [1.807, 2.05) is 12.3 Å². The molecule has 2 aromatic heterocycles. The molecule has 0 spiro atoms. The Kier molecular flexibility index (Phi) is 4.29.